The zero-order valence-electron chi connectivity index (χ0n) is 13.4. The summed E-state index contributed by atoms with van der Waals surface area (Å²) in [5, 5.41) is 0.186. The van der Waals surface area contributed by atoms with Crippen molar-refractivity contribution in [2.75, 3.05) is 0 Å². The third-order valence-electron chi connectivity index (χ3n) is 4.84. The van der Waals surface area contributed by atoms with Crippen LogP contribution < -0.4 is 5.43 Å². The number of fused-ring (bicyclic) bond motifs is 1. The summed E-state index contributed by atoms with van der Waals surface area (Å²) in [7, 11) is 0. The molecule has 0 bridgehead atoms. The van der Waals surface area contributed by atoms with Gasteiger partial charge in [-0.1, -0.05) is 32.1 Å². The Morgan fingerprint density at radius 1 is 1.26 bits per heavy atom. The number of rotatable bonds is 4. The van der Waals surface area contributed by atoms with Gasteiger partial charge in [-0.3, -0.25) is 9.59 Å². The Labute approximate surface area is 134 Å². The van der Waals surface area contributed by atoms with Gasteiger partial charge >= 0.3 is 0 Å². The number of ketones is 1. The minimum Gasteiger partial charge on any atom is -0.452 e. The SMILES string of the molecule is Cc1c(C(=O)CCC2CCCCC2)oc2ccc(F)cc2c1=O. The number of hydrogen-bond acceptors (Lipinski definition) is 3. The maximum atomic E-state index is 13.3. The van der Waals surface area contributed by atoms with E-state index in [0.29, 0.717) is 12.3 Å². The molecule has 3 nitrogen and oxygen atoms in total. The van der Waals surface area contributed by atoms with Crippen LogP contribution in [-0.4, -0.2) is 5.78 Å². The van der Waals surface area contributed by atoms with Gasteiger partial charge in [0.25, 0.3) is 0 Å². The third-order valence-corrected chi connectivity index (χ3v) is 4.84. The smallest absolute Gasteiger partial charge is 0.198 e. The molecule has 0 saturated heterocycles. The van der Waals surface area contributed by atoms with E-state index in [0.717, 1.165) is 12.5 Å². The Morgan fingerprint density at radius 3 is 2.74 bits per heavy atom. The molecule has 3 rings (SSSR count). The summed E-state index contributed by atoms with van der Waals surface area (Å²) < 4.78 is 18.9. The van der Waals surface area contributed by atoms with E-state index in [4.69, 9.17) is 4.42 Å². The number of halogens is 1. The molecule has 0 atom stereocenters. The normalized spacial score (nSPS) is 15.9. The van der Waals surface area contributed by atoms with Crippen LogP contribution >= 0.6 is 0 Å². The summed E-state index contributed by atoms with van der Waals surface area (Å²) in [6, 6.07) is 3.80. The molecule has 122 valence electrons. The molecular weight excluding hydrogens is 295 g/mol. The Balaban J connectivity index is 1.84. The van der Waals surface area contributed by atoms with E-state index in [9.17, 15) is 14.0 Å². The van der Waals surface area contributed by atoms with Crippen LogP contribution in [0, 0.1) is 18.7 Å². The molecule has 1 aromatic carbocycles. The fourth-order valence-electron chi connectivity index (χ4n) is 3.45. The van der Waals surface area contributed by atoms with E-state index < -0.39 is 5.82 Å². The highest BCUT2D eigenvalue weighted by Gasteiger charge is 2.20. The van der Waals surface area contributed by atoms with Gasteiger partial charge in [0.2, 0.25) is 0 Å². The van der Waals surface area contributed by atoms with E-state index >= 15 is 0 Å². The lowest BCUT2D eigenvalue weighted by molar-refractivity contribution is 0.0942. The fourth-order valence-corrected chi connectivity index (χ4v) is 3.45. The second kappa shape index (κ2) is 6.65. The minimum absolute atomic E-state index is 0.128. The van der Waals surface area contributed by atoms with Crippen LogP contribution in [-0.2, 0) is 0 Å². The van der Waals surface area contributed by atoms with Crippen LogP contribution in [0.3, 0.4) is 0 Å². The van der Waals surface area contributed by atoms with Crippen LogP contribution in [0.5, 0.6) is 0 Å². The lowest BCUT2D eigenvalue weighted by Gasteiger charge is -2.20. The molecule has 23 heavy (non-hydrogen) atoms. The number of carbonyl (C=O) groups is 1. The second-order valence-corrected chi connectivity index (χ2v) is 6.49. The van der Waals surface area contributed by atoms with E-state index in [1.807, 2.05) is 0 Å². The van der Waals surface area contributed by atoms with Gasteiger partial charge in [-0.15, -0.1) is 0 Å². The standard InChI is InChI=1S/C19H21FO3/c1-12-18(22)15-11-14(20)8-10-17(15)23-19(12)16(21)9-7-13-5-3-2-4-6-13/h8,10-11,13H,2-7,9H2,1H3. The average Bonchev–Trinajstić information content (AvgIpc) is 2.57. The average molecular weight is 316 g/mol. The summed E-state index contributed by atoms with van der Waals surface area (Å²) in [5.74, 6) is 0.121. The van der Waals surface area contributed by atoms with Crippen LogP contribution in [0.1, 0.15) is 61.1 Å². The van der Waals surface area contributed by atoms with Crippen molar-refractivity contribution in [1.82, 2.24) is 0 Å². The largest absolute Gasteiger partial charge is 0.452 e. The second-order valence-electron chi connectivity index (χ2n) is 6.49. The summed E-state index contributed by atoms with van der Waals surface area (Å²) in [5.41, 5.74) is 0.214. The molecule has 0 amide bonds. The van der Waals surface area contributed by atoms with Gasteiger partial charge in [-0.05, 0) is 37.5 Å². The monoisotopic (exact) mass is 316 g/mol. The van der Waals surface area contributed by atoms with Gasteiger partial charge in [-0.2, -0.15) is 0 Å². The first-order valence-corrected chi connectivity index (χ1v) is 8.32. The van der Waals surface area contributed by atoms with E-state index in [1.165, 1.54) is 44.2 Å². The Hall–Kier alpha value is -1.97. The molecule has 0 radical (unpaired) electrons. The summed E-state index contributed by atoms with van der Waals surface area (Å²) >= 11 is 0. The van der Waals surface area contributed by atoms with Crippen LogP contribution in [0.15, 0.2) is 27.4 Å². The molecule has 1 aliphatic carbocycles. The number of carbonyl (C=O) groups excluding carboxylic acids is 1. The number of hydrogen-bond donors (Lipinski definition) is 0. The highest BCUT2D eigenvalue weighted by molar-refractivity contribution is 5.96. The van der Waals surface area contributed by atoms with Crippen molar-refractivity contribution >= 4 is 16.8 Å². The molecule has 1 heterocycles. The first-order valence-electron chi connectivity index (χ1n) is 8.32. The predicted molar refractivity (Wildman–Crippen MR) is 87.3 cm³/mol. The van der Waals surface area contributed by atoms with E-state index in [1.54, 1.807) is 6.92 Å². The highest BCUT2D eigenvalue weighted by atomic mass is 19.1. The lowest BCUT2D eigenvalue weighted by atomic mass is 9.85. The quantitative estimate of drug-likeness (QED) is 0.762. The minimum atomic E-state index is -0.486. The third kappa shape index (κ3) is 3.36. The van der Waals surface area contributed by atoms with Crippen LogP contribution in [0.4, 0.5) is 4.39 Å². The predicted octanol–water partition coefficient (Wildman–Crippen LogP) is 4.78. The van der Waals surface area contributed by atoms with Crippen molar-refractivity contribution in [3.63, 3.8) is 0 Å². The lowest BCUT2D eigenvalue weighted by Crippen LogP contribution is -2.15. The van der Waals surface area contributed by atoms with Gasteiger partial charge in [0.05, 0.1) is 5.39 Å². The van der Waals surface area contributed by atoms with Crippen molar-refractivity contribution in [3.05, 3.63) is 45.6 Å². The molecule has 1 aliphatic rings. The van der Waals surface area contributed by atoms with Gasteiger partial charge in [0.15, 0.2) is 17.0 Å². The Kier molecular flexibility index (Phi) is 4.60. The molecule has 0 N–H and O–H groups in total. The topological polar surface area (TPSA) is 47.3 Å². The van der Waals surface area contributed by atoms with E-state index in [2.05, 4.69) is 0 Å². The molecule has 4 heteroatoms. The molecule has 0 unspecified atom stereocenters. The first-order chi connectivity index (χ1) is 11.1. The molecule has 1 fully saturated rings. The van der Waals surface area contributed by atoms with Crippen LogP contribution in [0.2, 0.25) is 0 Å². The molecule has 1 aromatic heterocycles. The molecule has 1 saturated carbocycles. The number of Topliss-reactive ketones (excluding diaryl/α,β-unsaturated/α-hetero) is 1. The van der Waals surface area contributed by atoms with Crippen molar-refractivity contribution in [2.24, 2.45) is 5.92 Å². The molecule has 2 aromatic rings. The van der Waals surface area contributed by atoms with Gasteiger partial charge in [-0.25, -0.2) is 4.39 Å². The van der Waals surface area contributed by atoms with E-state index in [-0.39, 0.29) is 33.5 Å². The summed E-state index contributed by atoms with van der Waals surface area (Å²) in [6.07, 6.45) is 7.41. The maximum Gasteiger partial charge on any atom is 0.198 e. The van der Waals surface area contributed by atoms with Crippen molar-refractivity contribution in [2.45, 2.75) is 51.9 Å². The molecule has 0 aliphatic heterocycles. The van der Waals surface area contributed by atoms with Gasteiger partial charge < -0.3 is 4.42 Å². The number of benzene rings is 1. The first kappa shape index (κ1) is 15.9. The fraction of sp³-hybridized carbons (Fsp3) is 0.474. The summed E-state index contributed by atoms with van der Waals surface area (Å²) in [4.78, 5) is 24.8. The van der Waals surface area contributed by atoms with Crippen molar-refractivity contribution in [1.29, 1.82) is 0 Å². The Morgan fingerprint density at radius 2 is 2.00 bits per heavy atom. The molecular formula is C19H21FO3. The van der Waals surface area contributed by atoms with Crippen LogP contribution in [0.25, 0.3) is 11.0 Å². The van der Waals surface area contributed by atoms with Crippen molar-refractivity contribution < 1.29 is 13.6 Å². The molecule has 0 spiro atoms. The maximum absolute atomic E-state index is 13.3. The van der Waals surface area contributed by atoms with Gasteiger partial charge in [0.1, 0.15) is 11.4 Å². The zero-order chi connectivity index (χ0) is 16.4. The summed E-state index contributed by atoms with van der Waals surface area (Å²) in [6.45, 7) is 1.57. The van der Waals surface area contributed by atoms with Gasteiger partial charge in [0, 0.05) is 12.0 Å². The highest BCUT2D eigenvalue weighted by Crippen LogP contribution is 2.28. The zero-order valence-corrected chi connectivity index (χ0v) is 13.4. The van der Waals surface area contributed by atoms with Crippen molar-refractivity contribution in [3.8, 4) is 0 Å². The Bertz CT molecular complexity index is 785.